The van der Waals surface area contributed by atoms with Crippen LogP contribution in [0.1, 0.15) is 16.7 Å². The maximum Gasteiger partial charge on any atom is 0.239 e. The Kier molecular flexibility index (Phi) is 6.03. The highest BCUT2D eigenvalue weighted by Gasteiger charge is 2.06. The Morgan fingerprint density at radius 2 is 1.91 bits per heavy atom. The molecule has 122 valence electrons. The first-order valence-corrected chi connectivity index (χ1v) is 7.80. The summed E-state index contributed by atoms with van der Waals surface area (Å²) < 4.78 is 5.29. The Labute approximate surface area is 137 Å². The molecule has 23 heavy (non-hydrogen) atoms. The first-order valence-electron chi connectivity index (χ1n) is 7.80. The van der Waals surface area contributed by atoms with Crippen LogP contribution in [0.4, 0.5) is 5.69 Å². The van der Waals surface area contributed by atoms with Gasteiger partial charge in [-0.25, -0.2) is 0 Å². The number of ether oxygens (including phenoxy) is 1. The molecule has 0 aliphatic carbocycles. The monoisotopic (exact) mass is 312 g/mol. The summed E-state index contributed by atoms with van der Waals surface area (Å²) in [6.07, 6.45) is 0.839. The zero-order chi connectivity index (χ0) is 16.7. The van der Waals surface area contributed by atoms with Crippen molar-refractivity contribution in [3.63, 3.8) is 0 Å². The standard InChI is InChI=1S/C19H24N2O2/c1-14-8-9-18(23-3)17(12-14)21-13-19(22)20-11-10-16-7-5-4-6-15(16)2/h4-9,12,21H,10-11,13H2,1-3H3,(H,20,22). The third kappa shape index (κ3) is 5.02. The lowest BCUT2D eigenvalue weighted by atomic mass is 10.1. The lowest BCUT2D eigenvalue weighted by Gasteiger charge is -2.12. The smallest absolute Gasteiger partial charge is 0.239 e. The van der Waals surface area contributed by atoms with Gasteiger partial charge in [0.2, 0.25) is 5.91 Å². The van der Waals surface area contributed by atoms with Gasteiger partial charge in [-0.05, 0) is 49.1 Å². The second kappa shape index (κ2) is 8.22. The molecule has 0 saturated heterocycles. The average Bonchev–Trinajstić information content (AvgIpc) is 2.55. The van der Waals surface area contributed by atoms with Crippen LogP contribution >= 0.6 is 0 Å². The Morgan fingerprint density at radius 1 is 1.13 bits per heavy atom. The van der Waals surface area contributed by atoms with Crippen LogP contribution in [0.15, 0.2) is 42.5 Å². The molecule has 0 atom stereocenters. The van der Waals surface area contributed by atoms with Crippen LogP contribution in [-0.4, -0.2) is 26.1 Å². The molecular weight excluding hydrogens is 288 g/mol. The van der Waals surface area contributed by atoms with Crippen molar-refractivity contribution in [1.29, 1.82) is 0 Å². The van der Waals surface area contributed by atoms with Gasteiger partial charge in [0.25, 0.3) is 0 Å². The maximum atomic E-state index is 12.0. The molecule has 0 heterocycles. The largest absolute Gasteiger partial charge is 0.495 e. The average molecular weight is 312 g/mol. The molecule has 0 bridgehead atoms. The second-order valence-electron chi connectivity index (χ2n) is 5.58. The SMILES string of the molecule is COc1ccc(C)cc1NCC(=O)NCCc1ccccc1C. The fraction of sp³-hybridized carbons (Fsp3) is 0.316. The number of anilines is 1. The van der Waals surface area contributed by atoms with Crippen LogP contribution < -0.4 is 15.4 Å². The molecule has 0 fully saturated rings. The van der Waals surface area contributed by atoms with Crippen molar-refractivity contribution in [2.24, 2.45) is 0 Å². The molecule has 4 nitrogen and oxygen atoms in total. The topological polar surface area (TPSA) is 50.4 Å². The number of rotatable bonds is 7. The van der Waals surface area contributed by atoms with Crippen molar-refractivity contribution in [3.8, 4) is 5.75 Å². The molecule has 0 saturated carbocycles. The highest BCUT2D eigenvalue weighted by Crippen LogP contribution is 2.24. The van der Waals surface area contributed by atoms with Gasteiger partial charge < -0.3 is 15.4 Å². The van der Waals surface area contributed by atoms with Gasteiger partial charge in [-0.15, -0.1) is 0 Å². The Hall–Kier alpha value is -2.49. The number of nitrogens with one attached hydrogen (secondary N) is 2. The fourth-order valence-electron chi connectivity index (χ4n) is 2.43. The van der Waals surface area contributed by atoms with Crippen molar-refractivity contribution >= 4 is 11.6 Å². The highest BCUT2D eigenvalue weighted by atomic mass is 16.5. The minimum atomic E-state index is -0.0258. The molecule has 1 amide bonds. The van der Waals surface area contributed by atoms with E-state index in [9.17, 15) is 4.79 Å². The number of carbonyl (C=O) groups is 1. The quantitative estimate of drug-likeness (QED) is 0.826. The predicted octanol–water partition coefficient (Wildman–Crippen LogP) is 3.08. The maximum absolute atomic E-state index is 12.0. The van der Waals surface area contributed by atoms with Crippen LogP contribution in [0.2, 0.25) is 0 Å². The first-order chi connectivity index (χ1) is 11.1. The summed E-state index contributed by atoms with van der Waals surface area (Å²) in [5.41, 5.74) is 4.47. The van der Waals surface area contributed by atoms with Gasteiger partial charge in [-0.2, -0.15) is 0 Å². The number of hydrogen-bond acceptors (Lipinski definition) is 3. The molecule has 0 radical (unpaired) electrons. The summed E-state index contributed by atoms with van der Waals surface area (Å²) in [4.78, 5) is 12.0. The molecule has 2 N–H and O–H groups in total. The van der Waals surface area contributed by atoms with E-state index in [0.29, 0.717) is 6.54 Å². The van der Waals surface area contributed by atoms with Crippen molar-refractivity contribution in [2.45, 2.75) is 20.3 Å². The van der Waals surface area contributed by atoms with E-state index in [4.69, 9.17) is 4.74 Å². The number of amides is 1. The zero-order valence-corrected chi connectivity index (χ0v) is 14.0. The molecule has 0 aromatic heterocycles. The minimum Gasteiger partial charge on any atom is -0.495 e. The van der Waals surface area contributed by atoms with Crippen LogP contribution in [0.3, 0.4) is 0 Å². The van der Waals surface area contributed by atoms with Crippen LogP contribution in [-0.2, 0) is 11.2 Å². The van der Waals surface area contributed by atoms with E-state index < -0.39 is 0 Å². The third-order valence-electron chi connectivity index (χ3n) is 3.77. The number of aryl methyl sites for hydroxylation is 2. The Bertz CT molecular complexity index is 668. The van der Waals surface area contributed by atoms with E-state index in [1.54, 1.807) is 7.11 Å². The van der Waals surface area contributed by atoms with E-state index in [2.05, 4.69) is 29.7 Å². The van der Waals surface area contributed by atoms with Gasteiger partial charge in [-0.3, -0.25) is 4.79 Å². The van der Waals surface area contributed by atoms with E-state index in [1.165, 1.54) is 11.1 Å². The molecule has 2 aromatic carbocycles. The Morgan fingerprint density at radius 3 is 2.65 bits per heavy atom. The zero-order valence-electron chi connectivity index (χ0n) is 14.0. The molecule has 2 aromatic rings. The summed E-state index contributed by atoms with van der Waals surface area (Å²) in [6, 6.07) is 14.1. The lowest BCUT2D eigenvalue weighted by molar-refractivity contribution is -0.119. The first kappa shape index (κ1) is 16.9. The molecule has 2 rings (SSSR count). The molecule has 0 aliphatic rings. The van der Waals surface area contributed by atoms with Crippen molar-refractivity contribution in [3.05, 3.63) is 59.2 Å². The van der Waals surface area contributed by atoms with Gasteiger partial charge in [0.1, 0.15) is 5.75 Å². The molecule has 0 aliphatic heterocycles. The summed E-state index contributed by atoms with van der Waals surface area (Å²) in [5.74, 6) is 0.713. The molecule has 0 spiro atoms. The second-order valence-corrected chi connectivity index (χ2v) is 5.58. The van der Waals surface area contributed by atoms with Crippen LogP contribution in [0.5, 0.6) is 5.75 Å². The lowest BCUT2D eigenvalue weighted by Crippen LogP contribution is -2.31. The summed E-state index contributed by atoms with van der Waals surface area (Å²) in [7, 11) is 1.62. The summed E-state index contributed by atoms with van der Waals surface area (Å²) >= 11 is 0. The summed E-state index contributed by atoms with van der Waals surface area (Å²) in [6.45, 7) is 4.96. The predicted molar refractivity (Wildman–Crippen MR) is 94.1 cm³/mol. The normalized spacial score (nSPS) is 10.2. The van der Waals surface area contributed by atoms with Crippen LogP contribution in [0.25, 0.3) is 0 Å². The third-order valence-corrected chi connectivity index (χ3v) is 3.77. The molecular formula is C19H24N2O2. The van der Waals surface area contributed by atoms with Gasteiger partial charge in [0, 0.05) is 6.54 Å². The van der Waals surface area contributed by atoms with Crippen LogP contribution in [0, 0.1) is 13.8 Å². The van der Waals surface area contributed by atoms with Gasteiger partial charge in [0.05, 0.1) is 19.3 Å². The van der Waals surface area contributed by atoms with Crippen molar-refractivity contribution in [2.75, 3.05) is 25.5 Å². The highest BCUT2D eigenvalue weighted by molar-refractivity contribution is 5.81. The number of benzene rings is 2. The number of carbonyl (C=O) groups excluding carboxylic acids is 1. The summed E-state index contributed by atoms with van der Waals surface area (Å²) in [5, 5.41) is 6.07. The molecule has 0 unspecified atom stereocenters. The van der Waals surface area contributed by atoms with E-state index in [-0.39, 0.29) is 12.5 Å². The number of methoxy groups -OCH3 is 1. The fourth-order valence-corrected chi connectivity index (χ4v) is 2.43. The van der Waals surface area contributed by atoms with Gasteiger partial charge in [-0.1, -0.05) is 30.3 Å². The van der Waals surface area contributed by atoms with E-state index >= 15 is 0 Å². The van der Waals surface area contributed by atoms with Crippen molar-refractivity contribution < 1.29 is 9.53 Å². The van der Waals surface area contributed by atoms with Gasteiger partial charge >= 0.3 is 0 Å². The number of hydrogen-bond donors (Lipinski definition) is 2. The van der Waals surface area contributed by atoms with E-state index in [1.807, 2.05) is 37.3 Å². The van der Waals surface area contributed by atoms with Crippen molar-refractivity contribution in [1.82, 2.24) is 5.32 Å². The van der Waals surface area contributed by atoms with E-state index in [0.717, 1.165) is 23.4 Å². The van der Waals surface area contributed by atoms with Gasteiger partial charge in [0.15, 0.2) is 0 Å². The molecule has 4 heteroatoms. The Balaban J connectivity index is 1.79. The minimum absolute atomic E-state index is 0.0258.